The fraction of sp³-hybridized carbons (Fsp3) is 0.972. The van der Waals surface area contributed by atoms with E-state index in [0.29, 0.717) is 13.0 Å². The van der Waals surface area contributed by atoms with Crippen LogP contribution >= 0.6 is 0 Å². The van der Waals surface area contributed by atoms with E-state index in [-0.39, 0.29) is 25.4 Å². The molecule has 0 heterocycles. The van der Waals surface area contributed by atoms with Gasteiger partial charge in [-0.25, -0.2) is 4.79 Å². The zero-order valence-electron chi connectivity index (χ0n) is 27.8. The Morgan fingerprint density at radius 2 is 0.625 bits per heavy atom. The zero-order chi connectivity index (χ0) is 28.3. The minimum atomic E-state index is -0.193. The van der Waals surface area contributed by atoms with E-state index in [2.05, 4.69) is 13.8 Å². The van der Waals surface area contributed by atoms with Crippen molar-refractivity contribution in [3.8, 4) is 0 Å². The van der Waals surface area contributed by atoms with Gasteiger partial charge in [-0.15, -0.1) is 0 Å². The molecule has 0 amide bonds. The number of unbranched alkanes of at least 4 members (excludes halogenated alkanes) is 29. The fourth-order valence-electron chi connectivity index (χ4n) is 5.50. The molecule has 0 aromatic rings. The summed E-state index contributed by atoms with van der Waals surface area (Å²) in [7, 11) is 0. The molecule has 4 heteroatoms. The molecule has 236 valence electrons. The summed E-state index contributed by atoms with van der Waals surface area (Å²) in [6, 6.07) is 0. The Kier molecular flexibility index (Phi) is 41.2. The van der Waals surface area contributed by atoms with E-state index >= 15 is 0 Å². The van der Waals surface area contributed by atoms with Crippen molar-refractivity contribution < 1.29 is 34.0 Å². The van der Waals surface area contributed by atoms with Crippen LogP contribution < -0.4 is 0 Å². The van der Waals surface area contributed by atoms with E-state index < -0.39 is 0 Å². The van der Waals surface area contributed by atoms with Crippen molar-refractivity contribution in [3.05, 3.63) is 0 Å². The van der Waals surface area contributed by atoms with Crippen molar-refractivity contribution in [2.75, 3.05) is 6.61 Å². The summed E-state index contributed by atoms with van der Waals surface area (Å²) in [6.07, 6.45) is 42.4. The van der Waals surface area contributed by atoms with Gasteiger partial charge in [-0.05, 0) is 12.8 Å². The summed E-state index contributed by atoms with van der Waals surface area (Å²) < 4.78 is 0. The van der Waals surface area contributed by atoms with Crippen molar-refractivity contribution in [2.45, 2.75) is 219 Å². The monoisotopic (exact) mass is 616 g/mol. The Balaban J connectivity index is 0. The summed E-state index contributed by atoms with van der Waals surface area (Å²) in [4.78, 5) is 21.9. The van der Waals surface area contributed by atoms with E-state index in [9.17, 15) is 4.79 Å². The molecule has 0 aliphatic heterocycles. The molecule has 3 nitrogen and oxygen atoms in total. The van der Waals surface area contributed by atoms with Gasteiger partial charge in [0.15, 0.2) is 0 Å². The van der Waals surface area contributed by atoms with E-state index in [4.69, 9.17) is 9.78 Å². The van der Waals surface area contributed by atoms with Crippen LogP contribution in [0, 0.1) is 0 Å². The van der Waals surface area contributed by atoms with Gasteiger partial charge >= 0.3 is 5.97 Å². The third-order valence-electron chi connectivity index (χ3n) is 8.22. The van der Waals surface area contributed by atoms with Crippen molar-refractivity contribution in [3.63, 3.8) is 0 Å². The number of hydrogen-bond acceptors (Lipinski definition) is 3. The second kappa shape index (κ2) is 39.1. The normalized spacial score (nSPS) is 11.1. The third-order valence-corrected chi connectivity index (χ3v) is 8.22. The smallest absolute Gasteiger partial charge is 0.298 e. The average Bonchev–Trinajstić information content (AvgIpc) is 2.94. The van der Waals surface area contributed by atoms with Crippen LogP contribution in [0.5, 0.6) is 0 Å². The average molecular weight is 618 g/mol. The fourth-order valence-corrected chi connectivity index (χ4v) is 5.50. The Morgan fingerprint density at radius 3 is 0.925 bits per heavy atom. The summed E-state index contributed by atoms with van der Waals surface area (Å²) in [5.41, 5.74) is 0. The molecule has 0 unspecified atom stereocenters. The van der Waals surface area contributed by atoms with Crippen LogP contribution in [0.4, 0.5) is 0 Å². The second-order valence-corrected chi connectivity index (χ2v) is 12.3. The maximum Gasteiger partial charge on any atom is 0.342 e. The van der Waals surface area contributed by atoms with E-state index in [1.807, 2.05) is 0 Å². The van der Waals surface area contributed by atoms with Crippen LogP contribution in [0.25, 0.3) is 0 Å². The van der Waals surface area contributed by atoms with Crippen LogP contribution in [0.3, 0.4) is 0 Å². The molecule has 0 rings (SSSR count). The van der Waals surface area contributed by atoms with Crippen LogP contribution in [-0.4, -0.2) is 12.6 Å². The van der Waals surface area contributed by atoms with Gasteiger partial charge in [0.2, 0.25) is 0 Å². The molecule has 0 aromatic carbocycles. The van der Waals surface area contributed by atoms with Crippen molar-refractivity contribution in [1.29, 1.82) is 0 Å². The van der Waals surface area contributed by atoms with Gasteiger partial charge in [-0.1, -0.05) is 200 Å². The summed E-state index contributed by atoms with van der Waals surface area (Å²) in [6.45, 7) is 5.12. The van der Waals surface area contributed by atoms with Gasteiger partial charge in [-0.2, -0.15) is 4.89 Å². The molecule has 0 radical (unpaired) electrons. The Bertz CT molecular complexity index is 457. The molecule has 0 spiro atoms. The zero-order valence-corrected chi connectivity index (χ0v) is 30.7. The molecule has 0 N–H and O–H groups in total. The maximum absolute atomic E-state index is 11.8. The predicted molar refractivity (Wildman–Crippen MR) is 171 cm³/mol. The molecule has 0 aliphatic rings. The molecule has 0 aliphatic carbocycles. The molecule has 40 heavy (non-hydrogen) atoms. The second-order valence-electron chi connectivity index (χ2n) is 12.3. The Morgan fingerprint density at radius 1 is 0.375 bits per heavy atom. The third kappa shape index (κ3) is 38.1. The number of hydrogen-bond donors (Lipinski definition) is 0. The SMILES string of the molecule is CCCCCCCCCCCCCCCCCCOOC(=O)CCCCCCCCCCCCCCCCC.[Zn]. The Labute approximate surface area is 265 Å². The summed E-state index contributed by atoms with van der Waals surface area (Å²) >= 11 is 0. The standard InChI is InChI=1S/C36H72O3.Zn/c1-3-5-7-9-11-13-15-17-19-21-23-25-27-29-31-33-35-38-39-36(37)34-32-30-28-26-24-22-20-18-16-14-12-10-8-6-4-2;/h3-35H2,1-2H3;. The first-order chi connectivity index (χ1) is 19.3. The van der Waals surface area contributed by atoms with E-state index in [1.54, 1.807) is 0 Å². The number of carbonyl (C=O) groups excluding carboxylic acids is 1. The van der Waals surface area contributed by atoms with Crippen molar-refractivity contribution >= 4 is 5.97 Å². The molecular weight excluding hydrogens is 546 g/mol. The van der Waals surface area contributed by atoms with Gasteiger partial charge in [0.1, 0.15) is 0 Å². The topological polar surface area (TPSA) is 35.5 Å². The van der Waals surface area contributed by atoms with Crippen LogP contribution in [0.15, 0.2) is 0 Å². The molecule has 0 atom stereocenters. The van der Waals surface area contributed by atoms with Crippen LogP contribution in [0.2, 0.25) is 0 Å². The van der Waals surface area contributed by atoms with Crippen molar-refractivity contribution in [2.24, 2.45) is 0 Å². The maximum atomic E-state index is 11.8. The summed E-state index contributed by atoms with van der Waals surface area (Å²) in [5.74, 6) is -0.193. The molecule has 0 saturated heterocycles. The first-order valence-electron chi connectivity index (χ1n) is 18.1. The van der Waals surface area contributed by atoms with Gasteiger partial charge in [0.05, 0.1) is 6.61 Å². The quantitative estimate of drug-likeness (QED) is 0.0312. The van der Waals surface area contributed by atoms with Gasteiger partial charge < -0.3 is 0 Å². The molecule has 0 fully saturated rings. The first-order valence-corrected chi connectivity index (χ1v) is 18.1. The Hall–Kier alpha value is 0.0534. The number of rotatable bonds is 34. The predicted octanol–water partition coefficient (Wildman–Crippen LogP) is 13.0. The minimum Gasteiger partial charge on any atom is -0.298 e. The molecule has 0 bridgehead atoms. The van der Waals surface area contributed by atoms with Gasteiger partial charge in [-0.3, -0.25) is 4.89 Å². The molecule has 0 aromatic heterocycles. The first kappa shape index (κ1) is 42.2. The van der Waals surface area contributed by atoms with E-state index in [0.717, 1.165) is 19.3 Å². The molecular formula is C36H72O3Zn. The largest absolute Gasteiger partial charge is 0.342 e. The van der Waals surface area contributed by atoms with Crippen molar-refractivity contribution in [1.82, 2.24) is 0 Å². The van der Waals surface area contributed by atoms with Gasteiger partial charge in [0, 0.05) is 25.9 Å². The van der Waals surface area contributed by atoms with E-state index in [1.165, 1.54) is 180 Å². The number of carbonyl (C=O) groups is 1. The minimum absolute atomic E-state index is 0. The van der Waals surface area contributed by atoms with Gasteiger partial charge in [0.25, 0.3) is 0 Å². The summed E-state index contributed by atoms with van der Waals surface area (Å²) in [5, 5.41) is 0. The molecule has 0 saturated carbocycles. The van der Waals surface area contributed by atoms with Crippen LogP contribution in [-0.2, 0) is 34.0 Å². The van der Waals surface area contributed by atoms with Crippen LogP contribution in [0.1, 0.15) is 219 Å².